The number of allylic oxidation sites excluding steroid dienone is 3. The van der Waals surface area contributed by atoms with Crippen LogP contribution in [0.2, 0.25) is 0 Å². The maximum Gasteiger partial charge on any atom is 0.335 e. The van der Waals surface area contributed by atoms with Gasteiger partial charge in [-0.25, -0.2) is 9.59 Å². The van der Waals surface area contributed by atoms with Crippen molar-refractivity contribution in [2.75, 3.05) is 52.7 Å². The number of ether oxygens (including phenoxy) is 6. The first-order valence-electron chi connectivity index (χ1n) is 31.4. The number of likely N-dealkylation sites (tertiary alicyclic amines) is 1. The summed E-state index contributed by atoms with van der Waals surface area (Å²) in [4.78, 5) is 121. The number of aliphatic hydroxyl groups excluding tert-OH is 1. The van der Waals surface area contributed by atoms with Gasteiger partial charge in [0.2, 0.25) is 41.4 Å². The molecule has 7 amide bonds. The highest BCUT2D eigenvalue weighted by Crippen LogP contribution is 2.74. The molecule has 0 aromatic heterocycles. The molecule has 0 radical (unpaired) electrons. The smallest absolute Gasteiger partial charge is 0.335 e. The largest absolute Gasteiger partial charge is 0.463 e. The van der Waals surface area contributed by atoms with Gasteiger partial charge in [0.1, 0.15) is 37.2 Å². The summed E-state index contributed by atoms with van der Waals surface area (Å²) in [6.45, 7) is 16.7. The second-order valence-corrected chi connectivity index (χ2v) is 27.4. The van der Waals surface area contributed by atoms with Crippen LogP contribution in [-0.2, 0) is 78.0 Å². The number of hydrogen-bond donors (Lipinski definition) is 6. The van der Waals surface area contributed by atoms with Crippen molar-refractivity contribution in [1.29, 1.82) is 0 Å². The molecule has 3 saturated heterocycles. The number of esters is 2. The van der Waals surface area contributed by atoms with Gasteiger partial charge < -0.3 is 60.1 Å². The predicted molar refractivity (Wildman–Crippen MR) is 327 cm³/mol. The van der Waals surface area contributed by atoms with Gasteiger partial charge in [-0.2, -0.15) is 0 Å². The van der Waals surface area contributed by atoms with Crippen LogP contribution in [0.25, 0.3) is 0 Å². The van der Waals surface area contributed by atoms with E-state index in [2.05, 4.69) is 74.2 Å². The third-order valence-corrected chi connectivity index (χ3v) is 20.2. The third-order valence-electron chi connectivity index (χ3n) is 18.7. The molecule has 2 aliphatic carbocycles. The molecule has 4 fully saturated rings. The summed E-state index contributed by atoms with van der Waals surface area (Å²) in [5.41, 5.74) is -0.763. The van der Waals surface area contributed by atoms with Crippen molar-refractivity contribution < 1.29 is 76.7 Å². The molecule has 88 heavy (non-hydrogen) atoms. The van der Waals surface area contributed by atoms with Crippen molar-refractivity contribution in [1.82, 2.24) is 31.5 Å². The standard InChI is InChI=1S/C65H94N6O16S/c1-10-27-62(7,8)88-47-33-53(77)71(60(47)80)29-19-13-16-23-49(73)66-34-50(74)67-36-52(76)70-45(32-44-20-14-12-15-21-44)59(79)68-35-51(75)69-39-84-56-42(5)26-30-82-46(43(6)72)22-17-18-24-54(78)87-57-55(41(4)11-2)58-65(38-85-65)63(57,9)64(37-83-61(56)81)28-25-40(3)31-48(64)86-58/h12,14-15,17-18,20-22,24,31,41-43,45-48,55-58,72H,10-11,13,16,19,23,25-30,32-39H2,1-9H3,(H,66,73)(H,67,74)(H,68,79)(H,69,75)(H,70,76)/b22-17+,24-18-/t41?,42-,43-,45+,46-,47?,48-,55?,56+,57-,58-,63-,64-,65+/m1/s1. The van der Waals surface area contributed by atoms with Crippen LogP contribution in [0.3, 0.4) is 0 Å². The SMILES string of the molecule is CCCC(C)(C)SC1CC(=O)N(CCCCCC(=O)NCC(=O)NCC(=O)N[C@@H](Cc2ccccc2)C(=O)NCC(=O)NCO[C@@H]2C(=O)OC[C@]34CCC(C)=C[C@H]3O[C@@H]3C(C(C)CC)[C@@H](OC(=O)/C=C\C=C\[C@H]([C@@H](C)O)OCC[C@H]2C)[C@@]4(C)[C@]32CO2)C1=O. The second-order valence-electron chi connectivity index (χ2n) is 25.5. The number of carbonyl (C=O) groups excluding carboxylic acids is 9. The zero-order chi connectivity index (χ0) is 64.0. The number of imide groups is 1. The number of rotatable bonds is 26. The van der Waals surface area contributed by atoms with Gasteiger partial charge in [-0.15, -0.1) is 11.8 Å². The van der Waals surface area contributed by atoms with E-state index in [0.29, 0.717) is 44.3 Å². The third kappa shape index (κ3) is 16.9. The molecule has 1 saturated carbocycles. The van der Waals surface area contributed by atoms with Gasteiger partial charge in [0.15, 0.2) is 6.10 Å². The van der Waals surface area contributed by atoms with Gasteiger partial charge in [-0.05, 0) is 69.8 Å². The van der Waals surface area contributed by atoms with Crippen LogP contribution in [0.4, 0.5) is 0 Å². The van der Waals surface area contributed by atoms with Crippen molar-refractivity contribution >= 4 is 65.1 Å². The minimum Gasteiger partial charge on any atom is -0.463 e. The fraction of sp³-hybridized carbons (Fsp3) is 0.677. The van der Waals surface area contributed by atoms with Crippen molar-refractivity contribution in [2.24, 2.45) is 28.6 Å². The summed E-state index contributed by atoms with van der Waals surface area (Å²) in [6, 6.07) is 7.68. The van der Waals surface area contributed by atoms with Gasteiger partial charge in [0.25, 0.3) is 0 Å². The molecule has 3 unspecified atom stereocenters. The molecule has 7 rings (SSSR count). The summed E-state index contributed by atoms with van der Waals surface area (Å²) in [5, 5.41) is 23.0. The van der Waals surface area contributed by atoms with Crippen LogP contribution in [0.15, 0.2) is 66.3 Å². The molecule has 486 valence electrons. The molecular formula is C65H94N6O16S. The molecule has 4 aliphatic heterocycles. The summed E-state index contributed by atoms with van der Waals surface area (Å²) in [6.07, 6.45) is 9.89. The zero-order valence-electron chi connectivity index (χ0n) is 52.7. The van der Waals surface area contributed by atoms with E-state index in [-0.39, 0.29) is 85.0 Å². The van der Waals surface area contributed by atoms with Crippen molar-refractivity contribution in [3.05, 3.63) is 71.8 Å². The lowest BCUT2D eigenvalue weighted by Gasteiger charge is -2.58. The molecule has 22 nitrogen and oxygen atoms in total. The Morgan fingerprint density at radius 3 is 2.31 bits per heavy atom. The lowest BCUT2D eigenvalue weighted by Crippen LogP contribution is -2.67. The zero-order valence-corrected chi connectivity index (χ0v) is 53.5. The number of benzene rings is 1. The number of nitrogens with zero attached hydrogens (tertiary/aromatic N) is 1. The Hall–Kier alpha value is -5.98. The van der Waals surface area contributed by atoms with Crippen LogP contribution >= 0.6 is 11.8 Å². The quantitative estimate of drug-likeness (QED) is 0.0181. The molecule has 2 spiro atoms. The molecular weight excluding hydrogens is 1150 g/mol. The Balaban J connectivity index is 0.917. The molecule has 2 bridgehead atoms. The van der Waals surface area contributed by atoms with Crippen LogP contribution in [0.1, 0.15) is 139 Å². The number of amides is 7. The van der Waals surface area contributed by atoms with E-state index < -0.39 is 127 Å². The number of carbonyl (C=O) groups is 9. The Morgan fingerprint density at radius 2 is 1.60 bits per heavy atom. The average Bonchev–Trinajstić information content (AvgIpc) is 1.48. The lowest BCUT2D eigenvalue weighted by molar-refractivity contribution is -0.235. The molecule has 1 aromatic carbocycles. The molecule has 6 N–H and O–H groups in total. The number of thioether (sulfide) groups is 1. The van der Waals surface area contributed by atoms with Crippen LogP contribution in [0, 0.1) is 28.6 Å². The first kappa shape index (κ1) is 69.5. The van der Waals surface area contributed by atoms with Gasteiger partial charge in [-0.1, -0.05) is 128 Å². The Morgan fingerprint density at radius 1 is 0.898 bits per heavy atom. The van der Waals surface area contributed by atoms with E-state index in [1.54, 1.807) is 74.2 Å². The van der Waals surface area contributed by atoms with E-state index in [1.165, 1.54) is 11.0 Å². The van der Waals surface area contributed by atoms with E-state index in [4.69, 9.17) is 28.4 Å². The maximum absolute atomic E-state index is 14.7. The monoisotopic (exact) mass is 1250 g/mol. The Kier molecular flexibility index (Phi) is 24.6. The summed E-state index contributed by atoms with van der Waals surface area (Å²) < 4.78 is 38.7. The van der Waals surface area contributed by atoms with E-state index in [0.717, 1.165) is 24.8 Å². The van der Waals surface area contributed by atoms with E-state index in [9.17, 15) is 48.3 Å². The molecule has 23 heteroatoms. The first-order valence-corrected chi connectivity index (χ1v) is 32.3. The number of epoxide rings is 1. The van der Waals surface area contributed by atoms with Crippen molar-refractivity contribution in [3.63, 3.8) is 0 Å². The molecule has 14 atom stereocenters. The van der Waals surface area contributed by atoms with E-state index in [1.807, 2.05) is 6.92 Å². The number of cyclic esters (lactones) is 1. The second kappa shape index (κ2) is 31.2. The highest BCUT2D eigenvalue weighted by Gasteiger charge is 2.86. The fourth-order valence-corrected chi connectivity index (χ4v) is 15.0. The summed E-state index contributed by atoms with van der Waals surface area (Å²) in [7, 11) is 0. The van der Waals surface area contributed by atoms with E-state index >= 15 is 0 Å². The first-order chi connectivity index (χ1) is 41.9. The van der Waals surface area contributed by atoms with Crippen molar-refractivity contribution in [2.45, 2.75) is 198 Å². The molecule has 6 aliphatic rings. The number of nitrogens with one attached hydrogen (secondary N) is 5. The van der Waals surface area contributed by atoms with Gasteiger partial charge in [0.05, 0.1) is 55.2 Å². The minimum absolute atomic E-state index is 0.0352. The topological polar surface area (TPSA) is 296 Å². The van der Waals surface area contributed by atoms with Gasteiger partial charge in [0, 0.05) is 54.6 Å². The Bertz CT molecular complexity index is 2750. The highest BCUT2D eigenvalue weighted by atomic mass is 32.2. The summed E-state index contributed by atoms with van der Waals surface area (Å²) >= 11 is 1.55. The van der Waals surface area contributed by atoms with Crippen LogP contribution < -0.4 is 26.6 Å². The minimum atomic E-state index is -1.24. The fourth-order valence-electron chi connectivity index (χ4n) is 13.4. The van der Waals surface area contributed by atoms with Crippen molar-refractivity contribution in [3.8, 4) is 0 Å². The van der Waals surface area contributed by atoms with Crippen LogP contribution in [-0.4, -0.2) is 174 Å². The highest BCUT2D eigenvalue weighted by molar-refractivity contribution is 8.02. The van der Waals surface area contributed by atoms with Crippen LogP contribution in [0.5, 0.6) is 0 Å². The number of hydrogen-bond acceptors (Lipinski definition) is 17. The maximum atomic E-state index is 14.7. The predicted octanol–water partition coefficient (Wildman–Crippen LogP) is 4.84. The molecule has 1 aromatic rings. The summed E-state index contributed by atoms with van der Waals surface area (Å²) in [5.74, 6) is -5.44. The average molecular weight is 1250 g/mol. The lowest BCUT2D eigenvalue weighted by atomic mass is 9.51. The van der Waals surface area contributed by atoms with Gasteiger partial charge >= 0.3 is 11.9 Å². The number of aliphatic hydroxyl groups is 1. The van der Waals surface area contributed by atoms with Gasteiger partial charge in [-0.3, -0.25) is 38.5 Å². The Labute approximate surface area is 521 Å². The molecule has 4 heterocycles. The number of unbranched alkanes of at least 4 members (excludes halogenated alkanes) is 2. The normalized spacial score (nSPS) is 30.7.